The molecule has 104 valence electrons. The standard InChI is InChI=1S/C13H24N2O3/c1-5-16-8-11(4)18-13-15-12(9-17-13)7-14-6-10(2)3/h9-11,14H,5-8H2,1-4H3. The summed E-state index contributed by atoms with van der Waals surface area (Å²) in [5.74, 6) is 0.624. The van der Waals surface area contributed by atoms with E-state index < -0.39 is 0 Å². The third kappa shape index (κ3) is 6.02. The van der Waals surface area contributed by atoms with Crippen LogP contribution in [-0.2, 0) is 11.3 Å². The third-order valence-corrected chi connectivity index (χ3v) is 2.25. The molecule has 1 atom stereocenters. The van der Waals surface area contributed by atoms with Crippen molar-refractivity contribution in [2.24, 2.45) is 5.92 Å². The van der Waals surface area contributed by atoms with E-state index in [0.717, 1.165) is 12.2 Å². The van der Waals surface area contributed by atoms with Crippen molar-refractivity contribution in [3.8, 4) is 6.08 Å². The largest absolute Gasteiger partial charge is 0.445 e. The van der Waals surface area contributed by atoms with Crippen LogP contribution in [0.25, 0.3) is 0 Å². The molecule has 0 spiro atoms. The minimum atomic E-state index is -0.0555. The van der Waals surface area contributed by atoms with Gasteiger partial charge in [-0.25, -0.2) is 0 Å². The quantitative estimate of drug-likeness (QED) is 0.734. The molecule has 1 aromatic heterocycles. The van der Waals surface area contributed by atoms with Crippen LogP contribution in [0.4, 0.5) is 0 Å². The van der Waals surface area contributed by atoms with Gasteiger partial charge in [-0.3, -0.25) is 0 Å². The van der Waals surface area contributed by atoms with Crippen molar-refractivity contribution in [1.82, 2.24) is 10.3 Å². The molecular formula is C13H24N2O3. The predicted molar refractivity (Wildman–Crippen MR) is 69.6 cm³/mol. The fraction of sp³-hybridized carbons (Fsp3) is 0.769. The highest BCUT2D eigenvalue weighted by molar-refractivity contribution is 4.99. The van der Waals surface area contributed by atoms with E-state index in [2.05, 4.69) is 24.1 Å². The molecule has 0 aromatic carbocycles. The number of ether oxygens (including phenoxy) is 2. The second-order valence-corrected chi connectivity index (χ2v) is 4.72. The summed E-state index contributed by atoms with van der Waals surface area (Å²) in [6.45, 7) is 11.1. The van der Waals surface area contributed by atoms with Crippen LogP contribution in [0.2, 0.25) is 0 Å². The van der Waals surface area contributed by atoms with E-state index in [1.807, 2.05) is 13.8 Å². The highest BCUT2D eigenvalue weighted by Gasteiger charge is 2.09. The Balaban J connectivity index is 2.29. The van der Waals surface area contributed by atoms with Gasteiger partial charge in [-0.2, -0.15) is 4.98 Å². The SMILES string of the molecule is CCOCC(C)Oc1nc(CNCC(C)C)co1. The van der Waals surface area contributed by atoms with Gasteiger partial charge in [0.05, 0.1) is 12.3 Å². The number of hydrogen-bond acceptors (Lipinski definition) is 5. The Hall–Kier alpha value is -1.07. The molecule has 0 bridgehead atoms. The smallest absolute Gasteiger partial charge is 0.394 e. The molecule has 0 amide bonds. The molecule has 1 N–H and O–H groups in total. The third-order valence-electron chi connectivity index (χ3n) is 2.25. The monoisotopic (exact) mass is 256 g/mol. The predicted octanol–water partition coefficient (Wildman–Crippen LogP) is 2.22. The van der Waals surface area contributed by atoms with Crippen LogP contribution in [0.1, 0.15) is 33.4 Å². The molecule has 5 heteroatoms. The molecule has 0 aliphatic rings. The average molecular weight is 256 g/mol. The normalized spacial score (nSPS) is 12.9. The molecule has 0 saturated heterocycles. The van der Waals surface area contributed by atoms with Gasteiger partial charge < -0.3 is 19.2 Å². The molecule has 0 radical (unpaired) electrons. The Kier molecular flexibility index (Phi) is 6.75. The first-order valence-electron chi connectivity index (χ1n) is 6.51. The van der Waals surface area contributed by atoms with Crippen molar-refractivity contribution in [3.63, 3.8) is 0 Å². The molecule has 0 aliphatic heterocycles. The van der Waals surface area contributed by atoms with Gasteiger partial charge in [-0.15, -0.1) is 0 Å². The highest BCUT2D eigenvalue weighted by atomic mass is 16.6. The zero-order chi connectivity index (χ0) is 13.4. The number of nitrogens with zero attached hydrogens (tertiary/aromatic N) is 1. The molecule has 0 saturated carbocycles. The first kappa shape index (κ1) is 15.0. The van der Waals surface area contributed by atoms with E-state index >= 15 is 0 Å². The summed E-state index contributed by atoms with van der Waals surface area (Å²) < 4.78 is 16.0. The summed E-state index contributed by atoms with van der Waals surface area (Å²) in [5, 5.41) is 3.30. The van der Waals surface area contributed by atoms with Crippen molar-refractivity contribution in [1.29, 1.82) is 0 Å². The van der Waals surface area contributed by atoms with Gasteiger partial charge in [-0.05, 0) is 26.3 Å². The number of hydrogen-bond donors (Lipinski definition) is 1. The molecule has 0 aliphatic carbocycles. The van der Waals surface area contributed by atoms with Gasteiger partial charge in [0.25, 0.3) is 0 Å². The molecule has 0 fully saturated rings. The van der Waals surface area contributed by atoms with Crippen LogP contribution in [-0.4, -0.2) is 30.8 Å². The summed E-state index contributed by atoms with van der Waals surface area (Å²) in [4.78, 5) is 4.25. The summed E-state index contributed by atoms with van der Waals surface area (Å²) >= 11 is 0. The molecule has 5 nitrogen and oxygen atoms in total. The van der Waals surface area contributed by atoms with Crippen molar-refractivity contribution in [3.05, 3.63) is 12.0 Å². The summed E-state index contributed by atoms with van der Waals surface area (Å²) in [6, 6.07) is 0. The fourth-order valence-corrected chi connectivity index (χ4v) is 1.40. The van der Waals surface area contributed by atoms with E-state index in [1.54, 1.807) is 6.26 Å². The lowest BCUT2D eigenvalue weighted by Gasteiger charge is -2.10. The van der Waals surface area contributed by atoms with Crippen LogP contribution in [0.3, 0.4) is 0 Å². The lowest BCUT2D eigenvalue weighted by molar-refractivity contribution is 0.0494. The topological polar surface area (TPSA) is 56.5 Å². The van der Waals surface area contributed by atoms with Gasteiger partial charge in [0.1, 0.15) is 12.4 Å². The summed E-state index contributed by atoms with van der Waals surface area (Å²) in [5.41, 5.74) is 0.856. The van der Waals surface area contributed by atoms with Gasteiger partial charge in [0.15, 0.2) is 0 Å². The summed E-state index contributed by atoms with van der Waals surface area (Å²) in [7, 11) is 0. The first-order chi connectivity index (χ1) is 8.61. The van der Waals surface area contributed by atoms with Crippen LogP contribution < -0.4 is 10.1 Å². The van der Waals surface area contributed by atoms with Crippen molar-refractivity contribution < 1.29 is 13.9 Å². The summed E-state index contributed by atoms with van der Waals surface area (Å²) in [6.07, 6.45) is 1.87. The zero-order valence-electron chi connectivity index (χ0n) is 11.7. The average Bonchev–Trinajstić information content (AvgIpc) is 2.73. The second kappa shape index (κ2) is 8.11. The molecular weight excluding hydrogens is 232 g/mol. The maximum absolute atomic E-state index is 5.49. The Labute approximate surface area is 109 Å². The van der Waals surface area contributed by atoms with Gasteiger partial charge in [-0.1, -0.05) is 13.8 Å². The number of rotatable bonds is 9. The van der Waals surface area contributed by atoms with E-state index in [9.17, 15) is 0 Å². The molecule has 1 unspecified atom stereocenters. The maximum Gasteiger partial charge on any atom is 0.394 e. The van der Waals surface area contributed by atoms with Crippen molar-refractivity contribution >= 4 is 0 Å². The minimum absolute atomic E-state index is 0.0555. The van der Waals surface area contributed by atoms with Gasteiger partial charge in [0, 0.05) is 13.2 Å². The van der Waals surface area contributed by atoms with Crippen molar-refractivity contribution in [2.45, 2.75) is 40.3 Å². The van der Waals surface area contributed by atoms with E-state index in [-0.39, 0.29) is 6.10 Å². The van der Waals surface area contributed by atoms with Crippen LogP contribution in [0, 0.1) is 5.92 Å². The van der Waals surface area contributed by atoms with Gasteiger partial charge in [0.2, 0.25) is 0 Å². The Bertz CT molecular complexity index is 326. The van der Waals surface area contributed by atoms with Crippen molar-refractivity contribution in [2.75, 3.05) is 19.8 Å². The highest BCUT2D eigenvalue weighted by Crippen LogP contribution is 2.12. The second-order valence-electron chi connectivity index (χ2n) is 4.72. The Morgan fingerprint density at radius 1 is 1.39 bits per heavy atom. The number of oxazole rings is 1. The van der Waals surface area contributed by atoms with E-state index in [0.29, 0.717) is 31.8 Å². The first-order valence-corrected chi connectivity index (χ1v) is 6.51. The van der Waals surface area contributed by atoms with E-state index in [4.69, 9.17) is 13.9 Å². The molecule has 1 heterocycles. The Morgan fingerprint density at radius 3 is 2.83 bits per heavy atom. The van der Waals surface area contributed by atoms with Crippen LogP contribution >= 0.6 is 0 Å². The number of nitrogens with one attached hydrogen (secondary N) is 1. The fourth-order valence-electron chi connectivity index (χ4n) is 1.40. The zero-order valence-corrected chi connectivity index (χ0v) is 11.7. The van der Waals surface area contributed by atoms with Gasteiger partial charge >= 0.3 is 6.08 Å². The molecule has 18 heavy (non-hydrogen) atoms. The lowest BCUT2D eigenvalue weighted by atomic mass is 10.2. The number of aromatic nitrogens is 1. The van der Waals surface area contributed by atoms with Crippen LogP contribution in [0.15, 0.2) is 10.7 Å². The lowest BCUT2D eigenvalue weighted by Crippen LogP contribution is -2.20. The molecule has 1 aromatic rings. The Morgan fingerprint density at radius 2 is 2.17 bits per heavy atom. The minimum Gasteiger partial charge on any atom is -0.445 e. The van der Waals surface area contributed by atoms with E-state index in [1.165, 1.54) is 0 Å². The maximum atomic E-state index is 5.49. The van der Waals surface area contributed by atoms with Crippen LogP contribution in [0.5, 0.6) is 6.08 Å². The molecule has 1 rings (SSSR count).